The Bertz CT molecular complexity index is 597. The molecule has 1 aromatic carbocycles. The third kappa shape index (κ3) is 2.54. The Kier molecular flexibility index (Phi) is 3.38. The van der Waals surface area contributed by atoms with Crippen molar-refractivity contribution in [2.45, 2.75) is 0 Å². The molecule has 18 heavy (non-hydrogen) atoms. The third-order valence-electron chi connectivity index (χ3n) is 2.16. The molecule has 0 spiro atoms. The van der Waals surface area contributed by atoms with Gasteiger partial charge in [-0.3, -0.25) is 20.0 Å². The van der Waals surface area contributed by atoms with Gasteiger partial charge in [-0.05, 0) is 28.1 Å². The summed E-state index contributed by atoms with van der Waals surface area (Å²) < 4.78 is 0.355. The fraction of sp³-hybridized carbons (Fsp3) is 0. The Labute approximate surface area is 109 Å². The molecule has 1 heterocycles. The van der Waals surface area contributed by atoms with Crippen LogP contribution in [0.25, 0.3) is 0 Å². The van der Waals surface area contributed by atoms with Crippen molar-refractivity contribution in [1.82, 2.24) is 10.2 Å². The van der Waals surface area contributed by atoms with Crippen LogP contribution in [0, 0.1) is 10.1 Å². The number of carbonyl (C=O) groups is 1. The van der Waals surface area contributed by atoms with Crippen LogP contribution in [0.4, 0.5) is 11.4 Å². The largest absolute Gasteiger partial charge is 0.322 e. The SMILES string of the molecule is O=C(Nc1ccc(Br)c([N+](=O)[O-])c1)c1cn[nH]c1. The van der Waals surface area contributed by atoms with E-state index in [0.717, 1.165) is 0 Å². The van der Waals surface area contributed by atoms with Crippen LogP contribution in [0.5, 0.6) is 0 Å². The molecule has 0 aliphatic heterocycles. The molecule has 0 unspecified atom stereocenters. The third-order valence-corrected chi connectivity index (χ3v) is 2.83. The predicted molar refractivity (Wildman–Crippen MR) is 67.3 cm³/mol. The molecule has 0 aliphatic carbocycles. The lowest BCUT2D eigenvalue weighted by atomic mass is 10.2. The highest BCUT2D eigenvalue weighted by Gasteiger charge is 2.14. The van der Waals surface area contributed by atoms with Gasteiger partial charge in [0.1, 0.15) is 0 Å². The van der Waals surface area contributed by atoms with Crippen LogP contribution in [0.1, 0.15) is 10.4 Å². The molecule has 0 saturated carbocycles. The molecule has 0 saturated heterocycles. The number of nitrogens with one attached hydrogen (secondary N) is 2. The van der Waals surface area contributed by atoms with Gasteiger partial charge >= 0.3 is 0 Å². The molecule has 7 nitrogen and oxygen atoms in total. The van der Waals surface area contributed by atoms with Crippen molar-refractivity contribution in [2.75, 3.05) is 5.32 Å². The molecule has 0 fully saturated rings. The summed E-state index contributed by atoms with van der Waals surface area (Å²) in [7, 11) is 0. The van der Waals surface area contributed by atoms with E-state index in [0.29, 0.717) is 15.7 Å². The van der Waals surface area contributed by atoms with Gasteiger partial charge in [0.05, 0.1) is 21.2 Å². The van der Waals surface area contributed by atoms with Gasteiger partial charge < -0.3 is 5.32 Å². The molecule has 1 aromatic heterocycles. The molecule has 0 radical (unpaired) electrons. The number of H-pyrrole nitrogens is 1. The van der Waals surface area contributed by atoms with Crippen LogP contribution in [0.2, 0.25) is 0 Å². The summed E-state index contributed by atoms with van der Waals surface area (Å²) in [6, 6.07) is 4.35. The van der Waals surface area contributed by atoms with Gasteiger partial charge in [0.25, 0.3) is 11.6 Å². The highest BCUT2D eigenvalue weighted by molar-refractivity contribution is 9.10. The van der Waals surface area contributed by atoms with Crippen LogP contribution >= 0.6 is 15.9 Å². The second kappa shape index (κ2) is 4.96. The number of nitro benzene ring substituents is 1. The van der Waals surface area contributed by atoms with Crippen molar-refractivity contribution in [3.8, 4) is 0 Å². The number of nitro groups is 1. The van der Waals surface area contributed by atoms with Crippen LogP contribution in [0.15, 0.2) is 35.1 Å². The number of aromatic nitrogens is 2. The minimum Gasteiger partial charge on any atom is -0.322 e. The summed E-state index contributed by atoms with van der Waals surface area (Å²) in [5, 5.41) is 19.4. The lowest BCUT2D eigenvalue weighted by molar-refractivity contribution is -0.385. The summed E-state index contributed by atoms with van der Waals surface area (Å²) in [5.74, 6) is -0.389. The maximum Gasteiger partial charge on any atom is 0.285 e. The summed E-state index contributed by atoms with van der Waals surface area (Å²) in [6.07, 6.45) is 2.80. The van der Waals surface area contributed by atoms with E-state index in [9.17, 15) is 14.9 Å². The van der Waals surface area contributed by atoms with E-state index in [1.165, 1.54) is 24.5 Å². The summed E-state index contributed by atoms with van der Waals surface area (Å²) >= 11 is 3.07. The molecule has 1 amide bonds. The van der Waals surface area contributed by atoms with Gasteiger partial charge in [0, 0.05) is 18.0 Å². The first-order valence-corrected chi connectivity index (χ1v) is 5.61. The first kappa shape index (κ1) is 12.2. The normalized spacial score (nSPS) is 10.1. The van der Waals surface area contributed by atoms with Crippen molar-refractivity contribution in [3.05, 3.63) is 50.7 Å². The second-order valence-electron chi connectivity index (χ2n) is 3.36. The van der Waals surface area contributed by atoms with Gasteiger partial charge in [0.2, 0.25) is 0 Å². The lowest BCUT2D eigenvalue weighted by Crippen LogP contribution is -2.11. The number of halogens is 1. The minimum atomic E-state index is -0.530. The quantitative estimate of drug-likeness (QED) is 0.671. The van der Waals surface area contributed by atoms with Crippen LogP contribution in [-0.4, -0.2) is 21.0 Å². The average Bonchev–Trinajstić information content (AvgIpc) is 2.85. The topological polar surface area (TPSA) is 101 Å². The van der Waals surface area contributed by atoms with Gasteiger partial charge in [-0.15, -0.1) is 0 Å². The van der Waals surface area contributed by atoms with Crippen LogP contribution in [0.3, 0.4) is 0 Å². The zero-order chi connectivity index (χ0) is 13.1. The van der Waals surface area contributed by atoms with E-state index in [2.05, 4.69) is 31.4 Å². The number of nitrogens with zero attached hydrogens (tertiary/aromatic N) is 2. The molecular weight excluding hydrogens is 304 g/mol. The van der Waals surface area contributed by atoms with E-state index in [1.54, 1.807) is 6.07 Å². The smallest absolute Gasteiger partial charge is 0.285 e. The Balaban J connectivity index is 2.22. The maximum absolute atomic E-state index is 11.7. The monoisotopic (exact) mass is 310 g/mol. The Morgan fingerprint density at radius 1 is 1.50 bits per heavy atom. The van der Waals surface area contributed by atoms with Gasteiger partial charge in [-0.1, -0.05) is 0 Å². The van der Waals surface area contributed by atoms with Crippen LogP contribution < -0.4 is 5.32 Å². The number of carbonyl (C=O) groups excluding carboxylic acids is 1. The number of benzene rings is 1. The van der Waals surface area contributed by atoms with E-state index in [1.807, 2.05) is 0 Å². The molecule has 8 heteroatoms. The Morgan fingerprint density at radius 2 is 2.28 bits per heavy atom. The van der Waals surface area contributed by atoms with Gasteiger partial charge in [-0.2, -0.15) is 5.10 Å². The number of hydrogen-bond donors (Lipinski definition) is 2. The molecule has 0 bridgehead atoms. The van der Waals surface area contributed by atoms with Crippen molar-refractivity contribution in [1.29, 1.82) is 0 Å². The molecule has 2 rings (SSSR count). The minimum absolute atomic E-state index is 0.111. The summed E-state index contributed by atoms with van der Waals surface area (Å²) in [4.78, 5) is 21.9. The second-order valence-corrected chi connectivity index (χ2v) is 4.22. The van der Waals surface area contributed by atoms with Crippen molar-refractivity contribution >= 4 is 33.2 Å². The molecule has 0 atom stereocenters. The van der Waals surface area contributed by atoms with Crippen molar-refractivity contribution < 1.29 is 9.72 Å². The van der Waals surface area contributed by atoms with Gasteiger partial charge in [-0.25, -0.2) is 0 Å². The number of amides is 1. The standard InChI is InChI=1S/C10H7BrN4O3/c11-8-2-1-7(3-9(8)15(17)18)14-10(16)6-4-12-13-5-6/h1-5H,(H,12,13)(H,14,16). The first-order valence-electron chi connectivity index (χ1n) is 4.82. The molecular formula is C10H7BrN4O3. The fourth-order valence-electron chi connectivity index (χ4n) is 1.31. The molecule has 0 aliphatic rings. The van der Waals surface area contributed by atoms with Crippen LogP contribution in [-0.2, 0) is 0 Å². The molecule has 2 N–H and O–H groups in total. The highest BCUT2D eigenvalue weighted by Crippen LogP contribution is 2.27. The Hall–Kier alpha value is -2.22. The fourth-order valence-corrected chi connectivity index (χ4v) is 1.70. The van der Waals surface area contributed by atoms with Crippen molar-refractivity contribution in [2.24, 2.45) is 0 Å². The Morgan fingerprint density at radius 3 is 2.89 bits per heavy atom. The maximum atomic E-state index is 11.7. The van der Waals surface area contributed by atoms with Gasteiger partial charge in [0.15, 0.2) is 0 Å². The highest BCUT2D eigenvalue weighted by atomic mass is 79.9. The lowest BCUT2D eigenvalue weighted by Gasteiger charge is -2.04. The zero-order valence-corrected chi connectivity index (χ0v) is 10.5. The number of anilines is 1. The van der Waals surface area contributed by atoms with E-state index in [-0.39, 0.29) is 11.6 Å². The van der Waals surface area contributed by atoms with E-state index >= 15 is 0 Å². The van der Waals surface area contributed by atoms with Crippen molar-refractivity contribution in [3.63, 3.8) is 0 Å². The van der Waals surface area contributed by atoms with E-state index in [4.69, 9.17) is 0 Å². The molecule has 92 valence electrons. The number of hydrogen-bond acceptors (Lipinski definition) is 4. The summed E-state index contributed by atoms with van der Waals surface area (Å²) in [5.41, 5.74) is 0.580. The number of aromatic amines is 1. The average molecular weight is 311 g/mol. The summed E-state index contributed by atoms with van der Waals surface area (Å²) in [6.45, 7) is 0. The molecule has 2 aromatic rings. The zero-order valence-electron chi connectivity index (χ0n) is 8.88. The number of rotatable bonds is 3. The van der Waals surface area contributed by atoms with E-state index < -0.39 is 4.92 Å². The first-order chi connectivity index (χ1) is 8.58. The predicted octanol–water partition coefficient (Wildman–Crippen LogP) is 2.33.